The molecule has 0 unspecified atom stereocenters. The van der Waals surface area contributed by atoms with Gasteiger partial charge in [-0.3, -0.25) is 0 Å². The lowest BCUT2D eigenvalue weighted by atomic mass is 9.88. The van der Waals surface area contributed by atoms with Crippen LogP contribution in [0.15, 0.2) is 60.7 Å². The third-order valence-electron chi connectivity index (χ3n) is 6.89. The Kier molecular flexibility index (Phi) is 12.9. The summed E-state index contributed by atoms with van der Waals surface area (Å²) in [5, 5.41) is 0. The molecule has 1 aliphatic rings. The van der Waals surface area contributed by atoms with E-state index in [4.69, 9.17) is 9.47 Å². The van der Waals surface area contributed by atoms with E-state index in [1.54, 1.807) is 37.5 Å². The zero-order valence-corrected chi connectivity index (χ0v) is 25.2. The van der Waals surface area contributed by atoms with Crippen LogP contribution in [0.5, 0.6) is 17.2 Å². The molecule has 3 nitrogen and oxygen atoms in total. The van der Waals surface area contributed by atoms with Crippen molar-refractivity contribution in [2.24, 2.45) is 0 Å². The second-order valence-electron chi connectivity index (χ2n) is 10.9. The number of rotatable bonds is 6. The van der Waals surface area contributed by atoms with Crippen LogP contribution >= 0.6 is 0 Å². The van der Waals surface area contributed by atoms with Crippen LogP contribution in [0.1, 0.15) is 100.0 Å². The smallest absolute Gasteiger partial charge is 0.493 e. The van der Waals surface area contributed by atoms with Crippen molar-refractivity contribution in [2.45, 2.75) is 91.3 Å². The lowest BCUT2D eigenvalue weighted by molar-refractivity contribution is -0.274. The molecule has 4 rings (SSSR count). The van der Waals surface area contributed by atoms with Crippen LogP contribution in [0.25, 0.3) is 0 Å². The molecule has 0 amide bonds. The van der Waals surface area contributed by atoms with Crippen LogP contribution in [0.4, 0.5) is 13.2 Å². The number of ether oxygens (including phenoxy) is 3. The number of benzene rings is 3. The molecular formula is C34H45F3O3. The molecule has 3 aromatic rings. The van der Waals surface area contributed by atoms with E-state index in [1.807, 2.05) is 26.0 Å². The van der Waals surface area contributed by atoms with Gasteiger partial charge in [-0.2, -0.15) is 0 Å². The molecule has 0 saturated heterocycles. The van der Waals surface area contributed by atoms with Crippen molar-refractivity contribution in [1.29, 1.82) is 0 Å². The number of fused-ring (bicyclic) bond motifs is 1. The van der Waals surface area contributed by atoms with Gasteiger partial charge >= 0.3 is 6.36 Å². The first-order valence-corrected chi connectivity index (χ1v) is 14.0. The SMILES string of the molecule is CC(C)c1ccc(OC(F)(F)F)cc1.CC(C)c1ccc2c(c1)CCCC2.COc1ccc(C(C)C)cc1OC. The van der Waals surface area contributed by atoms with Gasteiger partial charge < -0.3 is 14.2 Å². The van der Waals surface area contributed by atoms with E-state index in [0.29, 0.717) is 17.8 Å². The van der Waals surface area contributed by atoms with E-state index >= 15 is 0 Å². The van der Waals surface area contributed by atoms with Gasteiger partial charge in [0.1, 0.15) is 5.75 Å². The van der Waals surface area contributed by atoms with Crippen molar-refractivity contribution in [3.63, 3.8) is 0 Å². The van der Waals surface area contributed by atoms with Crippen LogP contribution in [0.3, 0.4) is 0 Å². The molecule has 3 aromatic carbocycles. The van der Waals surface area contributed by atoms with E-state index in [-0.39, 0.29) is 5.75 Å². The largest absolute Gasteiger partial charge is 0.573 e. The molecule has 220 valence electrons. The van der Waals surface area contributed by atoms with Gasteiger partial charge in [-0.05, 0) is 95.5 Å². The maximum atomic E-state index is 11.8. The van der Waals surface area contributed by atoms with Crippen LogP contribution < -0.4 is 14.2 Å². The van der Waals surface area contributed by atoms with E-state index in [0.717, 1.165) is 17.1 Å². The lowest BCUT2D eigenvalue weighted by Gasteiger charge is -2.17. The van der Waals surface area contributed by atoms with E-state index in [9.17, 15) is 13.2 Å². The van der Waals surface area contributed by atoms with Gasteiger partial charge in [-0.25, -0.2) is 0 Å². The molecule has 0 N–H and O–H groups in total. The zero-order valence-electron chi connectivity index (χ0n) is 25.2. The number of methoxy groups -OCH3 is 2. The molecule has 1 aliphatic carbocycles. The first-order chi connectivity index (χ1) is 18.8. The minimum absolute atomic E-state index is 0.179. The highest BCUT2D eigenvalue weighted by Crippen LogP contribution is 2.30. The van der Waals surface area contributed by atoms with Crippen LogP contribution in [0, 0.1) is 0 Å². The molecule has 0 heterocycles. The van der Waals surface area contributed by atoms with Gasteiger partial charge in [0, 0.05) is 0 Å². The Labute approximate surface area is 238 Å². The molecule has 0 fully saturated rings. The fourth-order valence-corrected chi connectivity index (χ4v) is 4.38. The fraction of sp³-hybridized carbons (Fsp3) is 0.471. The zero-order chi connectivity index (χ0) is 29.9. The molecule has 0 spiro atoms. The third kappa shape index (κ3) is 10.8. The van der Waals surface area contributed by atoms with E-state index in [2.05, 4.69) is 56.7 Å². The molecule has 0 atom stereocenters. The highest BCUT2D eigenvalue weighted by molar-refractivity contribution is 5.43. The van der Waals surface area contributed by atoms with Crippen LogP contribution in [0.2, 0.25) is 0 Å². The second-order valence-corrected chi connectivity index (χ2v) is 10.9. The number of halogens is 3. The maximum absolute atomic E-state index is 11.8. The summed E-state index contributed by atoms with van der Waals surface area (Å²) < 4.78 is 49.4. The highest BCUT2D eigenvalue weighted by atomic mass is 19.4. The van der Waals surface area contributed by atoms with Gasteiger partial charge in [0.2, 0.25) is 0 Å². The average molecular weight is 559 g/mol. The predicted molar refractivity (Wildman–Crippen MR) is 158 cm³/mol. The average Bonchev–Trinajstić information content (AvgIpc) is 2.92. The number of hydrogen-bond acceptors (Lipinski definition) is 3. The molecule has 0 aromatic heterocycles. The molecule has 0 aliphatic heterocycles. The van der Waals surface area contributed by atoms with Gasteiger partial charge in [0.25, 0.3) is 0 Å². The summed E-state index contributed by atoms with van der Waals surface area (Å²) in [5.41, 5.74) is 6.95. The van der Waals surface area contributed by atoms with Gasteiger partial charge in [0.15, 0.2) is 11.5 Å². The summed E-state index contributed by atoms with van der Waals surface area (Å²) in [6, 6.07) is 19.0. The first-order valence-electron chi connectivity index (χ1n) is 14.0. The van der Waals surface area contributed by atoms with Crippen molar-refractivity contribution in [3.05, 3.63) is 88.5 Å². The number of hydrogen-bond donors (Lipinski definition) is 0. The second kappa shape index (κ2) is 15.6. The lowest BCUT2D eigenvalue weighted by Crippen LogP contribution is -2.17. The van der Waals surface area contributed by atoms with E-state index < -0.39 is 6.36 Å². The Bertz CT molecular complexity index is 1120. The fourth-order valence-electron chi connectivity index (χ4n) is 4.38. The number of aryl methyl sites for hydroxylation is 2. The summed E-state index contributed by atoms with van der Waals surface area (Å²) in [4.78, 5) is 0. The minimum Gasteiger partial charge on any atom is -0.493 e. The summed E-state index contributed by atoms with van der Waals surface area (Å²) >= 11 is 0. The molecule has 0 saturated carbocycles. The number of alkyl halides is 3. The Hall–Kier alpha value is -3.15. The Balaban J connectivity index is 0.000000210. The van der Waals surface area contributed by atoms with Crippen molar-refractivity contribution in [1.82, 2.24) is 0 Å². The van der Waals surface area contributed by atoms with Crippen LogP contribution in [-0.2, 0) is 12.8 Å². The molecular weight excluding hydrogens is 513 g/mol. The first kappa shape index (κ1) is 33.1. The summed E-state index contributed by atoms with van der Waals surface area (Å²) in [6.07, 6.45) is 0.755. The quantitative estimate of drug-likeness (QED) is 0.301. The third-order valence-corrected chi connectivity index (χ3v) is 6.89. The summed E-state index contributed by atoms with van der Waals surface area (Å²) in [7, 11) is 3.30. The Morgan fingerprint density at radius 3 is 1.55 bits per heavy atom. The predicted octanol–water partition coefficient (Wildman–Crippen LogP) is 10.2. The van der Waals surface area contributed by atoms with Gasteiger partial charge in [-0.1, -0.05) is 77.9 Å². The van der Waals surface area contributed by atoms with E-state index in [1.165, 1.54) is 48.9 Å². The topological polar surface area (TPSA) is 27.7 Å². The minimum atomic E-state index is -4.61. The summed E-state index contributed by atoms with van der Waals surface area (Å²) in [5.74, 6) is 2.89. The molecule has 0 radical (unpaired) electrons. The Morgan fingerprint density at radius 2 is 1.05 bits per heavy atom. The van der Waals surface area contributed by atoms with Crippen LogP contribution in [-0.4, -0.2) is 20.6 Å². The molecule has 6 heteroatoms. The Morgan fingerprint density at radius 1 is 0.575 bits per heavy atom. The molecule has 40 heavy (non-hydrogen) atoms. The standard InChI is InChI=1S/C13H18.C11H16O2.C10H11F3O/c1-10(2)12-8-7-11-5-3-4-6-13(11)9-12;1-8(2)9-5-6-10(12-3)11(7-9)13-4;1-7(2)8-3-5-9(6-4-8)14-10(11,12)13/h7-10H,3-6H2,1-2H3;5-8H,1-4H3;3-7H,1-2H3. The highest BCUT2D eigenvalue weighted by Gasteiger charge is 2.30. The molecule has 0 bridgehead atoms. The van der Waals surface area contributed by atoms with Gasteiger partial charge in [-0.15, -0.1) is 13.2 Å². The monoisotopic (exact) mass is 558 g/mol. The summed E-state index contributed by atoms with van der Waals surface area (Å²) in [6.45, 7) is 12.8. The van der Waals surface area contributed by atoms with Crippen molar-refractivity contribution >= 4 is 0 Å². The maximum Gasteiger partial charge on any atom is 0.573 e. The van der Waals surface area contributed by atoms with Crippen molar-refractivity contribution in [2.75, 3.05) is 14.2 Å². The normalized spacial score (nSPS) is 12.7. The van der Waals surface area contributed by atoms with Crippen molar-refractivity contribution in [3.8, 4) is 17.2 Å². The van der Waals surface area contributed by atoms with Crippen molar-refractivity contribution < 1.29 is 27.4 Å². The van der Waals surface area contributed by atoms with Gasteiger partial charge in [0.05, 0.1) is 14.2 Å².